The van der Waals surface area contributed by atoms with Crippen molar-refractivity contribution in [3.05, 3.63) is 0 Å². The molecule has 0 saturated carbocycles. The predicted octanol–water partition coefficient (Wildman–Crippen LogP) is 5.20. The van der Waals surface area contributed by atoms with E-state index in [-0.39, 0.29) is 24.2 Å². The van der Waals surface area contributed by atoms with Crippen molar-refractivity contribution >= 4 is 11.8 Å². The number of unbranched alkanes of at least 4 members (excludes halogenated alkanes) is 14. The zero-order valence-electron chi connectivity index (χ0n) is 19.2. The van der Waals surface area contributed by atoms with Gasteiger partial charge in [-0.15, -0.1) is 0 Å². The molecule has 0 radical (unpaired) electrons. The van der Waals surface area contributed by atoms with Gasteiger partial charge in [-0.05, 0) is 25.8 Å². The molecular weight excluding hydrogens is 362 g/mol. The number of carbonyl (C=O) groups excluding carboxylic acids is 2. The second-order valence-electron chi connectivity index (χ2n) is 8.53. The second kappa shape index (κ2) is 21.6. The maximum atomic E-state index is 12.1. The standard InChI is InChI=1S/C24H49N3O2/c1-2-3-4-5-12-15-18-22(24(26)29)21-23(28)27-20-17-14-11-9-7-6-8-10-13-16-19-25/h22H,2-21,25H2,1H3,(H2,26,29)(H,27,28). The number of hydrogen-bond acceptors (Lipinski definition) is 3. The van der Waals surface area contributed by atoms with Gasteiger partial charge >= 0.3 is 0 Å². The Kier molecular flexibility index (Phi) is 20.8. The second-order valence-corrected chi connectivity index (χ2v) is 8.53. The van der Waals surface area contributed by atoms with Gasteiger partial charge in [0.2, 0.25) is 11.8 Å². The van der Waals surface area contributed by atoms with Gasteiger partial charge in [0.25, 0.3) is 0 Å². The number of primary amides is 1. The molecule has 0 fully saturated rings. The highest BCUT2D eigenvalue weighted by Crippen LogP contribution is 2.15. The van der Waals surface area contributed by atoms with E-state index in [1.807, 2.05) is 0 Å². The smallest absolute Gasteiger partial charge is 0.221 e. The van der Waals surface area contributed by atoms with Crippen LogP contribution in [0.25, 0.3) is 0 Å². The first kappa shape index (κ1) is 27.9. The van der Waals surface area contributed by atoms with E-state index in [0.717, 1.165) is 45.1 Å². The van der Waals surface area contributed by atoms with E-state index in [1.165, 1.54) is 70.6 Å². The minimum atomic E-state index is -0.336. The topological polar surface area (TPSA) is 98.2 Å². The van der Waals surface area contributed by atoms with Crippen LogP contribution in [-0.2, 0) is 9.59 Å². The molecule has 172 valence electrons. The fraction of sp³-hybridized carbons (Fsp3) is 0.917. The Bertz CT molecular complexity index is 388. The number of carbonyl (C=O) groups is 2. The van der Waals surface area contributed by atoms with E-state index in [1.54, 1.807) is 0 Å². The Morgan fingerprint density at radius 1 is 0.724 bits per heavy atom. The summed E-state index contributed by atoms with van der Waals surface area (Å²) < 4.78 is 0. The van der Waals surface area contributed by atoms with Crippen LogP contribution >= 0.6 is 0 Å². The number of nitrogens with two attached hydrogens (primary N) is 2. The van der Waals surface area contributed by atoms with Gasteiger partial charge in [0.15, 0.2) is 0 Å². The van der Waals surface area contributed by atoms with E-state index < -0.39 is 0 Å². The first-order valence-electron chi connectivity index (χ1n) is 12.4. The third-order valence-electron chi connectivity index (χ3n) is 5.69. The van der Waals surface area contributed by atoms with Crippen molar-refractivity contribution in [3.8, 4) is 0 Å². The highest BCUT2D eigenvalue weighted by molar-refractivity contribution is 5.84. The summed E-state index contributed by atoms with van der Waals surface area (Å²) in [7, 11) is 0. The first-order valence-corrected chi connectivity index (χ1v) is 12.4. The lowest BCUT2D eigenvalue weighted by atomic mass is 9.96. The molecule has 0 aliphatic carbocycles. The van der Waals surface area contributed by atoms with Crippen molar-refractivity contribution in [3.63, 3.8) is 0 Å². The molecule has 0 rings (SSSR count). The largest absolute Gasteiger partial charge is 0.369 e. The number of hydrogen-bond donors (Lipinski definition) is 3. The van der Waals surface area contributed by atoms with Crippen molar-refractivity contribution in [1.82, 2.24) is 5.32 Å². The van der Waals surface area contributed by atoms with E-state index >= 15 is 0 Å². The molecule has 2 amide bonds. The fourth-order valence-corrected chi connectivity index (χ4v) is 3.72. The summed E-state index contributed by atoms with van der Waals surface area (Å²) in [5.74, 6) is -0.681. The van der Waals surface area contributed by atoms with Crippen molar-refractivity contribution in [2.75, 3.05) is 13.1 Å². The van der Waals surface area contributed by atoms with Crippen LogP contribution in [-0.4, -0.2) is 24.9 Å². The normalized spacial score (nSPS) is 12.1. The molecule has 1 unspecified atom stereocenters. The lowest BCUT2D eigenvalue weighted by molar-refractivity contribution is -0.128. The van der Waals surface area contributed by atoms with Gasteiger partial charge in [-0.2, -0.15) is 0 Å². The van der Waals surface area contributed by atoms with Crippen molar-refractivity contribution in [1.29, 1.82) is 0 Å². The van der Waals surface area contributed by atoms with Crippen LogP contribution in [0.15, 0.2) is 0 Å². The maximum Gasteiger partial charge on any atom is 0.221 e. The van der Waals surface area contributed by atoms with Gasteiger partial charge in [0.1, 0.15) is 0 Å². The van der Waals surface area contributed by atoms with Gasteiger partial charge in [-0.25, -0.2) is 0 Å². The average molecular weight is 412 g/mol. The third-order valence-corrected chi connectivity index (χ3v) is 5.69. The lowest BCUT2D eigenvalue weighted by Gasteiger charge is -2.13. The molecule has 0 aromatic rings. The lowest BCUT2D eigenvalue weighted by Crippen LogP contribution is -2.32. The summed E-state index contributed by atoms with van der Waals surface area (Å²) in [5, 5.41) is 2.96. The van der Waals surface area contributed by atoms with E-state index in [2.05, 4.69) is 12.2 Å². The molecule has 0 aliphatic heterocycles. The van der Waals surface area contributed by atoms with Crippen LogP contribution in [0, 0.1) is 5.92 Å². The third kappa shape index (κ3) is 20.0. The Morgan fingerprint density at radius 2 is 1.21 bits per heavy atom. The Hall–Kier alpha value is -1.10. The minimum absolute atomic E-state index is 0.0303. The van der Waals surface area contributed by atoms with Gasteiger partial charge in [0, 0.05) is 18.9 Å². The highest BCUT2D eigenvalue weighted by Gasteiger charge is 2.18. The van der Waals surface area contributed by atoms with Crippen LogP contribution in [0.4, 0.5) is 0 Å². The van der Waals surface area contributed by atoms with Crippen LogP contribution < -0.4 is 16.8 Å². The van der Waals surface area contributed by atoms with E-state index in [9.17, 15) is 9.59 Å². The monoisotopic (exact) mass is 411 g/mol. The quantitative estimate of drug-likeness (QED) is 0.213. The molecule has 5 heteroatoms. The van der Waals surface area contributed by atoms with Gasteiger partial charge in [-0.3, -0.25) is 9.59 Å². The van der Waals surface area contributed by atoms with E-state index in [4.69, 9.17) is 11.5 Å². The van der Waals surface area contributed by atoms with Crippen LogP contribution in [0.2, 0.25) is 0 Å². The molecule has 0 spiro atoms. The first-order chi connectivity index (χ1) is 14.1. The van der Waals surface area contributed by atoms with Crippen LogP contribution in [0.5, 0.6) is 0 Å². The minimum Gasteiger partial charge on any atom is -0.369 e. The molecular formula is C24H49N3O2. The van der Waals surface area contributed by atoms with Gasteiger partial charge in [0.05, 0.1) is 0 Å². The summed E-state index contributed by atoms with van der Waals surface area (Å²) >= 11 is 0. The Labute approximate surface area is 180 Å². The molecule has 0 bridgehead atoms. The zero-order chi connectivity index (χ0) is 21.6. The van der Waals surface area contributed by atoms with Crippen molar-refractivity contribution in [2.24, 2.45) is 17.4 Å². The summed E-state index contributed by atoms with van der Waals surface area (Å²) in [6.45, 7) is 3.73. The zero-order valence-corrected chi connectivity index (χ0v) is 19.2. The predicted molar refractivity (Wildman–Crippen MR) is 124 cm³/mol. The van der Waals surface area contributed by atoms with Crippen LogP contribution in [0.3, 0.4) is 0 Å². The molecule has 29 heavy (non-hydrogen) atoms. The number of amides is 2. The molecule has 1 atom stereocenters. The highest BCUT2D eigenvalue weighted by atomic mass is 16.2. The van der Waals surface area contributed by atoms with Crippen LogP contribution in [0.1, 0.15) is 122 Å². The van der Waals surface area contributed by atoms with E-state index in [0.29, 0.717) is 6.54 Å². The summed E-state index contributed by atoms with van der Waals surface area (Å²) in [6, 6.07) is 0. The molecule has 0 aliphatic rings. The summed E-state index contributed by atoms with van der Waals surface area (Å²) in [4.78, 5) is 23.7. The fourth-order valence-electron chi connectivity index (χ4n) is 3.72. The molecule has 0 aromatic heterocycles. The Morgan fingerprint density at radius 3 is 1.72 bits per heavy atom. The number of nitrogens with one attached hydrogen (secondary N) is 1. The molecule has 0 aromatic carbocycles. The molecule has 0 heterocycles. The SMILES string of the molecule is CCCCCCCCC(CC(=O)NCCCCCCCCCCCCN)C(N)=O. The average Bonchev–Trinajstić information content (AvgIpc) is 2.70. The van der Waals surface area contributed by atoms with Crippen molar-refractivity contribution in [2.45, 2.75) is 122 Å². The van der Waals surface area contributed by atoms with Gasteiger partial charge in [-0.1, -0.05) is 96.8 Å². The summed E-state index contributed by atoms with van der Waals surface area (Å²) in [5.41, 5.74) is 11.0. The van der Waals surface area contributed by atoms with Gasteiger partial charge < -0.3 is 16.8 Å². The maximum absolute atomic E-state index is 12.1. The number of rotatable bonds is 22. The molecule has 5 nitrogen and oxygen atoms in total. The molecule has 5 N–H and O–H groups in total. The van der Waals surface area contributed by atoms with Crippen molar-refractivity contribution < 1.29 is 9.59 Å². The Balaban J connectivity index is 3.58. The molecule has 0 saturated heterocycles. The summed E-state index contributed by atoms with van der Waals surface area (Å²) in [6.07, 6.45) is 20.5.